The molecule has 16 heavy (non-hydrogen) atoms. The molecule has 1 heterocycles. The van der Waals surface area contributed by atoms with Crippen molar-refractivity contribution in [3.8, 4) is 0 Å². The average Bonchev–Trinajstić information content (AvgIpc) is 2.55. The number of hydrogen-bond donors (Lipinski definition) is 0. The van der Waals surface area contributed by atoms with Crippen LogP contribution in [0.2, 0.25) is 5.02 Å². The number of imidazole rings is 1. The lowest BCUT2D eigenvalue weighted by atomic mass is 9.92. The van der Waals surface area contributed by atoms with E-state index in [1.165, 1.54) is 19.3 Å². The number of fused-ring (bicyclic) bond motifs is 1. The Kier molecular flexibility index (Phi) is 2.56. The molecule has 84 valence electrons. The number of alkyl halides is 1. The molecule has 1 aliphatic rings. The van der Waals surface area contributed by atoms with Crippen molar-refractivity contribution < 1.29 is 0 Å². The monoisotopic (exact) mass is 254 g/mol. The maximum absolute atomic E-state index is 6.03. The second kappa shape index (κ2) is 3.94. The summed E-state index contributed by atoms with van der Waals surface area (Å²) in [6.45, 7) is 0. The highest BCUT2D eigenvalue weighted by Gasteiger charge is 2.24. The molecule has 0 radical (unpaired) electrons. The molecule has 0 amide bonds. The summed E-state index contributed by atoms with van der Waals surface area (Å²) >= 11 is 12.0. The van der Waals surface area contributed by atoms with Gasteiger partial charge in [-0.2, -0.15) is 0 Å². The zero-order valence-electron chi connectivity index (χ0n) is 8.79. The fourth-order valence-electron chi connectivity index (χ4n) is 2.26. The molecule has 0 spiro atoms. The molecule has 2 aromatic rings. The molecular weight excluding hydrogens is 243 g/mol. The van der Waals surface area contributed by atoms with Crippen molar-refractivity contribution in [2.24, 2.45) is 0 Å². The second-order valence-corrected chi connectivity index (χ2v) is 4.95. The molecule has 0 atom stereocenters. The van der Waals surface area contributed by atoms with Crippen molar-refractivity contribution in [3.63, 3.8) is 0 Å². The van der Waals surface area contributed by atoms with Crippen molar-refractivity contribution in [1.82, 2.24) is 9.55 Å². The van der Waals surface area contributed by atoms with Crippen LogP contribution in [0.25, 0.3) is 11.0 Å². The minimum Gasteiger partial charge on any atom is -0.324 e. The van der Waals surface area contributed by atoms with Crippen LogP contribution in [0.5, 0.6) is 0 Å². The third-order valence-electron chi connectivity index (χ3n) is 3.28. The molecule has 1 aliphatic carbocycles. The average molecular weight is 255 g/mol. The maximum Gasteiger partial charge on any atom is 0.125 e. The molecule has 1 saturated carbocycles. The van der Waals surface area contributed by atoms with Gasteiger partial charge in [-0.1, -0.05) is 11.6 Å². The van der Waals surface area contributed by atoms with E-state index in [0.29, 0.717) is 11.9 Å². The van der Waals surface area contributed by atoms with E-state index in [1.54, 1.807) is 0 Å². The van der Waals surface area contributed by atoms with Gasteiger partial charge in [0, 0.05) is 11.1 Å². The van der Waals surface area contributed by atoms with Crippen LogP contribution in [-0.2, 0) is 5.88 Å². The predicted molar refractivity (Wildman–Crippen MR) is 67.2 cm³/mol. The molecule has 0 bridgehead atoms. The fourth-order valence-corrected chi connectivity index (χ4v) is 2.62. The largest absolute Gasteiger partial charge is 0.324 e. The van der Waals surface area contributed by atoms with Gasteiger partial charge in [-0.25, -0.2) is 4.98 Å². The number of nitrogens with zero attached hydrogens (tertiary/aromatic N) is 2. The van der Waals surface area contributed by atoms with Gasteiger partial charge in [-0.05, 0) is 37.5 Å². The minimum atomic E-state index is 0.461. The van der Waals surface area contributed by atoms with Crippen LogP contribution in [-0.4, -0.2) is 9.55 Å². The number of rotatable bonds is 2. The van der Waals surface area contributed by atoms with E-state index in [1.807, 2.05) is 18.2 Å². The van der Waals surface area contributed by atoms with Crippen molar-refractivity contribution in [2.75, 3.05) is 0 Å². The summed E-state index contributed by atoms with van der Waals surface area (Å²) in [6.07, 6.45) is 3.75. The van der Waals surface area contributed by atoms with Gasteiger partial charge < -0.3 is 4.57 Å². The molecule has 1 aromatic carbocycles. The summed E-state index contributed by atoms with van der Waals surface area (Å²) < 4.78 is 2.26. The molecule has 0 N–H and O–H groups in total. The first-order valence-corrected chi connectivity index (χ1v) is 6.43. The van der Waals surface area contributed by atoms with Crippen LogP contribution >= 0.6 is 23.2 Å². The summed E-state index contributed by atoms with van der Waals surface area (Å²) in [6, 6.07) is 6.39. The van der Waals surface area contributed by atoms with E-state index in [2.05, 4.69) is 9.55 Å². The first kappa shape index (κ1) is 10.4. The Hall–Kier alpha value is -0.730. The summed E-state index contributed by atoms with van der Waals surface area (Å²) in [5, 5.41) is 0.758. The van der Waals surface area contributed by atoms with E-state index in [-0.39, 0.29) is 0 Å². The lowest BCUT2D eigenvalue weighted by molar-refractivity contribution is 0.315. The molecule has 0 unspecified atom stereocenters. The molecule has 0 saturated heterocycles. The van der Waals surface area contributed by atoms with Gasteiger partial charge in [0.05, 0.1) is 16.9 Å². The summed E-state index contributed by atoms with van der Waals surface area (Å²) in [5.74, 6) is 1.42. The zero-order valence-corrected chi connectivity index (χ0v) is 10.3. The van der Waals surface area contributed by atoms with Crippen LogP contribution in [0.3, 0.4) is 0 Å². The second-order valence-electron chi connectivity index (χ2n) is 4.25. The van der Waals surface area contributed by atoms with Gasteiger partial charge in [0.1, 0.15) is 5.82 Å². The van der Waals surface area contributed by atoms with Gasteiger partial charge in [0.25, 0.3) is 0 Å². The van der Waals surface area contributed by atoms with Crippen LogP contribution in [0.15, 0.2) is 18.2 Å². The smallest absolute Gasteiger partial charge is 0.125 e. The van der Waals surface area contributed by atoms with Gasteiger partial charge in [0.15, 0.2) is 0 Å². The Morgan fingerprint density at radius 3 is 2.81 bits per heavy atom. The van der Waals surface area contributed by atoms with Crippen molar-refractivity contribution >= 4 is 34.2 Å². The molecule has 1 aromatic heterocycles. The Labute approximate surface area is 104 Å². The molecule has 1 fully saturated rings. The van der Waals surface area contributed by atoms with Gasteiger partial charge in [-0.15, -0.1) is 11.6 Å². The molecule has 0 aliphatic heterocycles. The van der Waals surface area contributed by atoms with Crippen LogP contribution in [0.1, 0.15) is 31.1 Å². The highest BCUT2D eigenvalue weighted by Crippen LogP contribution is 2.36. The first-order valence-electron chi connectivity index (χ1n) is 5.52. The topological polar surface area (TPSA) is 17.8 Å². The third kappa shape index (κ3) is 1.52. The quantitative estimate of drug-likeness (QED) is 0.737. The van der Waals surface area contributed by atoms with E-state index < -0.39 is 0 Å². The highest BCUT2D eigenvalue weighted by molar-refractivity contribution is 6.31. The first-order chi connectivity index (χ1) is 7.79. The van der Waals surface area contributed by atoms with Crippen molar-refractivity contribution in [2.45, 2.75) is 31.2 Å². The number of hydrogen-bond acceptors (Lipinski definition) is 1. The summed E-state index contributed by atoms with van der Waals surface area (Å²) in [5.41, 5.74) is 2.11. The Bertz CT molecular complexity index is 529. The minimum absolute atomic E-state index is 0.461. The lowest BCUT2D eigenvalue weighted by Gasteiger charge is -2.28. The predicted octanol–water partition coefficient (Wildman–Crippen LogP) is 4.15. The molecule has 3 rings (SSSR count). The summed E-state index contributed by atoms with van der Waals surface area (Å²) in [7, 11) is 0. The van der Waals surface area contributed by atoms with Gasteiger partial charge in [-0.3, -0.25) is 0 Å². The fraction of sp³-hybridized carbons (Fsp3) is 0.417. The van der Waals surface area contributed by atoms with Crippen molar-refractivity contribution in [1.29, 1.82) is 0 Å². The highest BCUT2D eigenvalue weighted by atomic mass is 35.5. The molecule has 4 heteroatoms. The standard InChI is InChI=1S/C12H12Cl2N2/c13-7-12-15-10-5-4-8(14)6-11(10)16(12)9-2-1-3-9/h4-6,9H,1-3,7H2. The zero-order chi connectivity index (χ0) is 11.1. The number of halogens is 2. The van der Waals surface area contributed by atoms with Gasteiger partial charge >= 0.3 is 0 Å². The molecule has 2 nitrogen and oxygen atoms in total. The SMILES string of the molecule is ClCc1nc2ccc(Cl)cc2n1C1CCC1. The number of aromatic nitrogens is 2. The van der Waals surface area contributed by atoms with E-state index >= 15 is 0 Å². The lowest BCUT2D eigenvalue weighted by Crippen LogP contribution is -2.18. The Morgan fingerprint density at radius 1 is 1.38 bits per heavy atom. The Morgan fingerprint density at radius 2 is 2.19 bits per heavy atom. The van der Waals surface area contributed by atoms with Crippen LogP contribution < -0.4 is 0 Å². The van der Waals surface area contributed by atoms with E-state index in [0.717, 1.165) is 21.9 Å². The van der Waals surface area contributed by atoms with E-state index in [9.17, 15) is 0 Å². The summed E-state index contributed by atoms with van der Waals surface area (Å²) in [4.78, 5) is 4.55. The normalized spacial score (nSPS) is 16.6. The van der Waals surface area contributed by atoms with Gasteiger partial charge in [0.2, 0.25) is 0 Å². The third-order valence-corrected chi connectivity index (χ3v) is 3.76. The van der Waals surface area contributed by atoms with E-state index in [4.69, 9.17) is 23.2 Å². The van der Waals surface area contributed by atoms with Crippen molar-refractivity contribution in [3.05, 3.63) is 29.0 Å². The Balaban J connectivity index is 2.23. The van der Waals surface area contributed by atoms with Crippen LogP contribution in [0, 0.1) is 0 Å². The maximum atomic E-state index is 6.03. The number of benzene rings is 1. The van der Waals surface area contributed by atoms with Crippen LogP contribution in [0.4, 0.5) is 0 Å². The molecular formula is C12H12Cl2N2.